The molecule has 2 aromatic rings. The monoisotopic (exact) mass is 389 g/mol. The normalized spacial score (nSPS) is 11.5. The Bertz CT molecular complexity index is 888. The fourth-order valence-corrected chi connectivity index (χ4v) is 3.88. The van der Waals surface area contributed by atoms with E-state index in [1.54, 1.807) is 6.07 Å². The summed E-state index contributed by atoms with van der Waals surface area (Å²) in [6.07, 6.45) is 1.17. The van der Waals surface area contributed by atoms with Gasteiger partial charge in [0.05, 0.1) is 6.26 Å². The molecule has 2 aromatic carbocycles. The van der Waals surface area contributed by atoms with E-state index in [2.05, 4.69) is 60.8 Å². The molecule has 0 atom stereocenters. The maximum absolute atomic E-state index is 11.7. The van der Waals surface area contributed by atoms with Crippen LogP contribution in [-0.4, -0.2) is 34.8 Å². The van der Waals surface area contributed by atoms with E-state index in [4.69, 9.17) is 0 Å². The first kappa shape index (κ1) is 21.1. The molecule has 0 saturated carbocycles. The molecule has 0 aliphatic rings. The smallest absolute Gasteiger partial charge is 0.229 e. The van der Waals surface area contributed by atoms with E-state index in [0.717, 1.165) is 29.9 Å². The Morgan fingerprint density at radius 1 is 1.00 bits per heavy atom. The minimum absolute atomic E-state index is 0.349. The Hall–Kier alpha value is -2.21. The van der Waals surface area contributed by atoms with Crippen LogP contribution in [0.4, 0.5) is 17.1 Å². The molecule has 0 bridgehead atoms. The van der Waals surface area contributed by atoms with Gasteiger partial charge in [-0.15, -0.1) is 0 Å². The van der Waals surface area contributed by atoms with Crippen LogP contribution in [0.3, 0.4) is 0 Å². The largest absolute Gasteiger partial charge is 0.388 e. The van der Waals surface area contributed by atoms with Crippen LogP contribution in [0.15, 0.2) is 36.4 Å². The van der Waals surface area contributed by atoms with E-state index in [0.29, 0.717) is 11.6 Å². The van der Waals surface area contributed by atoms with Gasteiger partial charge in [0.15, 0.2) is 0 Å². The molecule has 0 unspecified atom stereocenters. The Balaban J connectivity index is 2.69. The van der Waals surface area contributed by atoms with E-state index in [-0.39, 0.29) is 0 Å². The average molecular weight is 390 g/mol. The van der Waals surface area contributed by atoms with Crippen molar-refractivity contribution in [2.24, 2.45) is 0 Å². The van der Waals surface area contributed by atoms with Crippen LogP contribution >= 0.6 is 0 Å². The third-order valence-corrected chi connectivity index (χ3v) is 5.28. The second-order valence-corrected chi connectivity index (χ2v) is 8.73. The van der Waals surface area contributed by atoms with E-state index in [1.807, 2.05) is 19.2 Å². The third-order valence-electron chi connectivity index (χ3n) is 4.67. The highest BCUT2D eigenvalue weighted by atomic mass is 32.2. The van der Waals surface area contributed by atoms with Crippen molar-refractivity contribution < 1.29 is 8.42 Å². The molecule has 2 rings (SSSR count). The Morgan fingerprint density at radius 3 is 2.19 bits per heavy atom. The summed E-state index contributed by atoms with van der Waals surface area (Å²) in [7, 11) is -1.45. The van der Waals surface area contributed by atoms with Crippen LogP contribution in [0.25, 0.3) is 11.1 Å². The molecule has 0 fully saturated rings. The van der Waals surface area contributed by atoms with Crippen LogP contribution in [0.5, 0.6) is 0 Å². The lowest BCUT2D eigenvalue weighted by Crippen LogP contribution is -2.21. The zero-order chi connectivity index (χ0) is 20.2. The van der Waals surface area contributed by atoms with Crippen molar-refractivity contribution in [3.8, 4) is 11.1 Å². The molecular formula is C21H31N3O2S. The molecule has 0 aromatic heterocycles. The lowest BCUT2D eigenvalue weighted by Gasteiger charge is -2.24. The minimum Gasteiger partial charge on any atom is -0.388 e. The second kappa shape index (κ2) is 8.65. The third kappa shape index (κ3) is 5.16. The molecule has 148 valence electrons. The summed E-state index contributed by atoms with van der Waals surface area (Å²) in [4.78, 5) is 2.31. The zero-order valence-electron chi connectivity index (χ0n) is 17.1. The average Bonchev–Trinajstić information content (AvgIpc) is 2.61. The number of benzene rings is 2. The SMILES string of the molecule is CCN(CC)c1ccc(C(C)C)c(-c2cc(NS(C)(=O)=O)ccc2NC)c1. The van der Waals surface area contributed by atoms with Crippen molar-refractivity contribution in [1.82, 2.24) is 0 Å². The molecule has 2 N–H and O–H groups in total. The molecule has 6 heteroatoms. The topological polar surface area (TPSA) is 61.4 Å². The van der Waals surface area contributed by atoms with Gasteiger partial charge >= 0.3 is 0 Å². The van der Waals surface area contributed by atoms with Gasteiger partial charge in [-0.05, 0) is 61.2 Å². The second-order valence-electron chi connectivity index (χ2n) is 6.98. The van der Waals surface area contributed by atoms with Crippen LogP contribution in [0, 0.1) is 0 Å². The molecule has 5 nitrogen and oxygen atoms in total. The fraction of sp³-hybridized carbons (Fsp3) is 0.429. The van der Waals surface area contributed by atoms with Gasteiger partial charge < -0.3 is 10.2 Å². The Kier molecular flexibility index (Phi) is 6.76. The summed E-state index contributed by atoms with van der Waals surface area (Å²) in [5.74, 6) is 0.349. The van der Waals surface area contributed by atoms with Crippen molar-refractivity contribution >= 4 is 27.1 Å². The van der Waals surface area contributed by atoms with Gasteiger partial charge in [-0.3, -0.25) is 4.72 Å². The van der Waals surface area contributed by atoms with Gasteiger partial charge in [0, 0.05) is 42.8 Å². The van der Waals surface area contributed by atoms with Crippen LogP contribution in [0.2, 0.25) is 0 Å². The highest BCUT2D eigenvalue weighted by molar-refractivity contribution is 7.92. The maximum atomic E-state index is 11.7. The van der Waals surface area contributed by atoms with Gasteiger partial charge in [-0.25, -0.2) is 8.42 Å². The van der Waals surface area contributed by atoms with Gasteiger partial charge in [-0.1, -0.05) is 19.9 Å². The van der Waals surface area contributed by atoms with Crippen LogP contribution in [-0.2, 0) is 10.0 Å². The van der Waals surface area contributed by atoms with Crippen LogP contribution < -0.4 is 14.9 Å². The van der Waals surface area contributed by atoms with Gasteiger partial charge in [-0.2, -0.15) is 0 Å². The van der Waals surface area contributed by atoms with Gasteiger partial charge in [0.25, 0.3) is 0 Å². The van der Waals surface area contributed by atoms with Gasteiger partial charge in [0.2, 0.25) is 10.0 Å². The number of hydrogen-bond acceptors (Lipinski definition) is 4. The Labute approximate surface area is 163 Å². The van der Waals surface area contributed by atoms with Crippen molar-refractivity contribution in [3.63, 3.8) is 0 Å². The first-order valence-electron chi connectivity index (χ1n) is 9.39. The summed E-state index contributed by atoms with van der Waals surface area (Å²) >= 11 is 0. The molecule has 0 aliphatic heterocycles. The number of nitrogens with zero attached hydrogens (tertiary/aromatic N) is 1. The van der Waals surface area contributed by atoms with Crippen molar-refractivity contribution in [1.29, 1.82) is 0 Å². The summed E-state index contributed by atoms with van der Waals surface area (Å²) in [6.45, 7) is 10.5. The maximum Gasteiger partial charge on any atom is 0.229 e. The molecule has 0 radical (unpaired) electrons. The van der Waals surface area contributed by atoms with E-state index in [1.165, 1.54) is 17.5 Å². The van der Waals surface area contributed by atoms with E-state index in [9.17, 15) is 8.42 Å². The number of hydrogen-bond donors (Lipinski definition) is 2. The quantitative estimate of drug-likeness (QED) is 0.685. The summed E-state index contributed by atoms with van der Waals surface area (Å²) in [5, 5.41) is 3.24. The predicted octanol–water partition coefficient (Wildman–Crippen LogP) is 4.74. The summed E-state index contributed by atoms with van der Waals surface area (Å²) in [5.41, 5.74) is 6.05. The first-order chi connectivity index (χ1) is 12.7. The number of rotatable bonds is 8. The molecule has 27 heavy (non-hydrogen) atoms. The highest BCUT2D eigenvalue weighted by Gasteiger charge is 2.16. The van der Waals surface area contributed by atoms with Crippen molar-refractivity contribution in [3.05, 3.63) is 42.0 Å². The molecular weight excluding hydrogens is 358 g/mol. The van der Waals surface area contributed by atoms with Crippen LogP contribution in [0.1, 0.15) is 39.2 Å². The fourth-order valence-electron chi connectivity index (χ4n) is 3.33. The van der Waals surface area contributed by atoms with Gasteiger partial charge in [0.1, 0.15) is 0 Å². The number of anilines is 3. The molecule has 0 aliphatic carbocycles. The number of sulfonamides is 1. The lowest BCUT2D eigenvalue weighted by atomic mass is 9.90. The first-order valence-corrected chi connectivity index (χ1v) is 11.3. The van der Waals surface area contributed by atoms with E-state index >= 15 is 0 Å². The standard InChI is InChI=1S/C21H31N3O2S/c1-7-24(8-2)17-10-11-18(15(3)4)19(14-17)20-13-16(23-27(6,25)26)9-12-21(20)22-5/h9-15,22-23H,7-8H2,1-6H3. The molecule has 0 amide bonds. The minimum atomic E-state index is -3.33. The lowest BCUT2D eigenvalue weighted by molar-refractivity contribution is 0.607. The molecule has 0 spiro atoms. The molecule has 0 saturated heterocycles. The summed E-state index contributed by atoms with van der Waals surface area (Å²) < 4.78 is 25.9. The highest BCUT2D eigenvalue weighted by Crippen LogP contribution is 2.38. The summed E-state index contributed by atoms with van der Waals surface area (Å²) in [6, 6.07) is 12.2. The van der Waals surface area contributed by atoms with E-state index < -0.39 is 10.0 Å². The predicted molar refractivity (Wildman–Crippen MR) is 118 cm³/mol. The molecule has 0 heterocycles. The van der Waals surface area contributed by atoms with Crippen molar-refractivity contribution in [2.75, 3.05) is 41.3 Å². The zero-order valence-corrected chi connectivity index (χ0v) is 17.9. The Morgan fingerprint density at radius 2 is 1.67 bits per heavy atom. The number of nitrogens with one attached hydrogen (secondary N) is 2. The van der Waals surface area contributed by atoms with Crippen molar-refractivity contribution in [2.45, 2.75) is 33.6 Å².